The van der Waals surface area contributed by atoms with Crippen molar-refractivity contribution in [2.75, 3.05) is 5.32 Å². The molecular formula is C17H16F3NO2. The van der Waals surface area contributed by atoms with E-state index in [0.29, 0.717) is 12.1 Å². The Morgan fingerprint density at radius 2 is 1.70 bits per heavy atom. The number of hydrogen-bond acceptors (Lipinski definition) is 2. The largest absolute Gasteiger partial charge is 0.573 e. The van der Waals surface area contributed by atoms with Crippen molar-refractivity contribution in [3.63, 3.8) is 0 Å². The van der Waals surface area contributed by atoms with Crippen LogP contribution in [0.2, 0.25) is 0 Å². The molecule has 0 aliphatic heterocycles. The van der Waals surface area contributed by atoms with Gasteiger partial charge in [-0.05, 0) is 36.2 Å². The fourth-order valence-electron chi connectivity index (χ4n) is 2.23. The third-order valence-electron chi connectivity index (χ3n) is 3.28. The van der Waals surface area contributed by atoms with E-state index in [1.165, 1.54) is 12.1 Å². The molecule has 0 unspecified atom stereocenters. The SMILES string of the molecule is CC[C@H](C(=O)Nc1ccc(OC(F)(F)F)cc1)c1ccccc1. The lowest BCUT2D eigenvalue weighted by atomic mass is 9.95. The smallest absolute Gasteiger partial charge is 0.406 e. The van der Waals surface area contributed by atoms with Gasteiger partial charge in [0.2, 0.25) is 5.91 Å². The predicted octanol–water partition coefficient (Wildman–Crippen LogP) is 4.72. The van der Waals surface area contributed by atoms with Gasteiger partial charge in [0, 0.05) is 5.69 Å². The van der Waals surface area contributed by atoms with Gasteiger partial charge in [-0.15, -0.1) is 13.2 Å². The zero-order chi connectivity index (χ0) is 16.9. The summed E-state index contributed by atoms with van der Waals surface area (Å²) in [6.07, 6.45) is -4.11. The molecule has 2 aromatic carbocycles. The van der Waals surface area contributed by atoms with Crippen LogP contribution in [-0.4, -0.2) is 12.3 Å². The quantitative estimate of drug-likeness (QED) is 0.865. The third kappa shape index (κ3) is 5.02. The summed E-state index contributed by atoms with van der Waals surface area (Å²) in [6, 6.07) is 14.4. The zero-order valence-electron chi connectivity index (χ0n) is 12.4. The van der Waals surface area contributed by atoms with Crippen molar-refractivity contribution >= 4 is 11.6 Å². The third-order valence-corrected chi connectivity index (χ3v) is 3.28. The van der Waals surface area contributed by atoms with Crippen molar-refractivity contribution in [3.05, 3.63) is 60.2 Å². The number of rotatable bonds is 5. The zero-order valence-corrected chi connectivity index (χ0v) is 12.4. The van der Waals surface area contributed by atoms with Crippen LogP contribution in [0.4, 0.5) is 18.9 Å². The lowest BCUT2D eigenvalue weighted by molar-refractivity contribution is -0.274. The van der Waals surface area contributed by atoms with Gasteiger partial charge >= 0.3 is 6.36 Å². The minimum absolute atomic E-state index is 0.205. The summed E-state index contributed by atoms with van der Waals surface area (Å²) >= 11 is 0. The van der Waals surface area contributed by atoms with Crippen LogP contribution in [-0.2, 0) is 4.79 Å². The molecule has 0 radical (unpaired) electrons. The molecule has 0 bridgehead atoms. The number of amides is 1. The standard InChI is InChI=1S/C17H16F3NO2/c1-2-15(12-6-4-3-5-7-12)16(22)21-13-8-10-14(11-9-13)23-17(18,19)20/h3-11,15H,2H2,1H3,(H,21,22)/t15-/m0/s1. The van der Waals surface area contributed by atoms with Crippen molar-refractivity contribution in [3.8, 4) is 5.75 Å². The minimum atomic E-state index is -4.73. The summed E-state index contributed by atoms with van der Waals surface area (Å²) in [5, 5.41) is 2.71. The Hall–Kier alpha value is -2.50. The maximum absolute atomic E-state index is 12.3. The van der Waals surface area contributed by atoms with Crippen LogP contribution in [0.3, 0.4) is 0 Å². The average Bonchev–Trinajstić information content (AvgIpc) is 2.50. The summed E-state index contributed by atoms with van der Waals surface area (Å²) in [7, 11) is 0. The highest BCUT2D eigenvalue weighted by atomic mass is 19.4. The molecule has 2 aromatic rings. The average molecular weight is 323 g/mol. The van der Waals surface area contributed by atoms with E-state index in [2.05, 4.69) is 10.1 Å². The van der Waals surface area contributed by atoms with E-state index in [4.69, 9.17) is 0 Å². The van der Waals surface area contributed by atoms with Gasteiger partial charge in [-0.25, -0.2) is 0 Å². The summed E-state index contributed by atoms with van der Waals surface area (Å²) < 4.78 is 40.1. The second-order valence-electron chi connectivity index (χ2n) is 4.93. The molecule has 0 fully saturated rings. The monoisotopic (exact) mass is 323 g/mol. The van der Waals surface area contributed by atoms with Crippen molar-refractivity contribution in [1.82, 2.24) is 0 Å². The highest BCUT2D eigenvalue weighted by molar-refractivity contribution is 5.95. The molecule has 1 N–H and O–H groups in total. The second kappa shape index (κ2) is 7.17. The van der Waals surface area contributed by atoms with Gasteiger partial charge in [0.15, 0.2) is 0 Å². The highest BCUT2D eigenvalue weighted by Gasteiger charge is 2.31. The molecule has 23 heavy (non-hydrogen) atoms. The van der Waals surface area contributed by atoms with Gasteiger partial charge in [-0.1, -0.05) is 37.3 Å². The summed E-state index contributed by atoms with van der Waals surface area (Å²) in [4.78, 5) is 12.3. The summed E-state index contributed by atoms with van der Waals surface area (Å²) in [5.41, 5.74) is 1.31. The summed E-state index contributed by atoms with van der Waals surface area (Å²) in [5.74, 6) is -0.851. The molecule has 6 heteroatoms. The van der Waals surface area contributed by atoms with Gasteiger partial charge in [-0.2, -0.15) is 0 Å². The van der Waals surface area contributed by atoms with Crippen molar-refractivity contribution in [2.24, 2.45) is 0 Å². The fraction of sp³-hybridized carbons (Fsp3) is 0.235. The van der Waals surface area contributed by atoms with E-state index in [1.807, 2.05) is 37.3 Å². The topological polar surface area (TPSA) is 38.3 Å². The lowest BCUT2D eigenvalue weighted by Gasteiger charge is -2.16. The van der Waals surface area contributed by atoms with Crippen LogP contribution in [0.5, 0.6) is 5.75 Å². The molecule has 3 nitrogen and oxygen atoms in total. The van der Waals surface area contributed by atoms with Crippen molar-refractivity contribution < 1.29 is 22.7 Å². The van der Waals surface area contributed by atoms with Crippen LogP contribution < -0.4 is 10.1 Å². The summed E-state index contributed by atoms with van der Waals surface area (Å²) in [6.45, 7) is 1.90. The molecule has 122 valence electrons. The molecule has 0 spiro atoms. The van der Waals surface area contributed by atoms with Crippen molar-refractivity contribution in [2.45, 2.75) is 25.6 Å². The highest BCUT2D eigenvalue weighted by Crippen LogP contribution is 2.25. The molecule has 0 aliphatic carbocycles. The number of carbonyl (C=O) groups is 1. The first-order valence-electron chi connectivity index (χ1n) is 7.10. The van der Waals surface area contributed by atoms with E-state index in [0.717, 1.165) is 17.7 Å². The number of carbonyl (C=O) groups excluding carboxylic acids is 1. The minimum Gasteiger partial charge on any atom is -0.406 e. The molecule has 1 amide bonds. The van der Waals surface area contributed by atoms with Crippen molar-refractivity contribution in [1.29, 1.82) is 0 Å². The molecular weight excluding hydrogens is 307 g/mol. The van der Waals surface area contributed by atoms with Gasteiger partial charge in [-0.3, -0.25) is 4.79 Å². The number of anilines is 1. The Bertz CT molecular complexity index is 639. The van der Waals surface area contributed by atoms with E-state index < -0.39 is 6.36 Å². The van der Waals surface area contributed by atoms with Gasteiger partial charge < -0.3 is 10.1 Å². The Morgan fingerprint density at radius 3 is 2.22 bits per heavy atom. The first-order chi connectivity index (χ1) is 10.9. The Morgan fingerprint density at radius 1 is 1.09 bits per heavy atom. The van der Waals surface area contributed by atoms with Gasteiger partial charge in [0.1, 0.15) is 5.75 Å². The lowest BCUT2D eigenvalue weighted by Crippen LogP contribution is -2.20. The Kier molecular flexibility index (Phi) is 5.26. The molecule has 0 aromatic heterocycles. The number of benzene rings is 2. The molecule has 0 saturated carbocycles. The van der Waals surface area contributed by atoms with Gasteiger partial charge in [0.05, 0.1) is 5.92 Å². The Balaban J connectivity index is 2.05. The fourth-order valence-corrected chi connectivity index (χ4v) is 2.23. The number of alkyl halides is 3. The normalized spacial score (nSPS) is 12.5. The van der Waals surface area contributed by atoms with E-state index in [9.17, 15) is 18.0 Å². The molecule has 2 rings (SSSR count). The Labute approximate surface area is 132 Å². The second-order valence-corrected chi connectivity index (χ2v) is 4.93. The predicted molar refractivity (Wildman–Crippen MR) is 81.2 cm³/mol. The molecule has 0 saturated heterocycles. The van der Waals surface area contributed by atoms with Crippen LogP contribution in [0.1, 0.15) is 24.8 Å². The maximum atomic E-state index is 12.3. The van der Waals surface area contributed by atoms with E-state index in [-0.39, 0.29) is 17.6 Å². The first-order valence-corrected chi connectivity index (χ1v) is 7.10. The number of ether oxygens (including phenoxy) is 1. The first kappa shape index (κ1) is 16.9. The number of nitrogens with one attached hydrogen (secondary N) is 1. The van der Waals surface area contributed by atoms with Crippen LogP contribution in [0.25, 0.3) is 0 Å². The van der Waals surface area contributed by atoms with Gasteiger partial charge in [0.25, 0.3) is 0 Å². The number of hydrogen-bond donors (Lipinski definition) is 1. The van der Waals surface area contributed by atoms with Crippen LogP contribution in [0.15, 0.2) is 54.6 Å². The number of halogens is 3. The maximum Gasteiger partial charge on any atom is 0.573 e. The van der Waals surface area contributed by atoms with Crippen LogP contribution >= 0.6 is 0 Å². The van der Waals surface area contributed by atoms with Crippen LogP contribution in [0, 0.1) is 0 Å². The van der Waals surface area contributed by atoms with E-state index >= 15 is 0 Å². The molecule has 0 aliphatic rings. The van der Waals surface area contributed by atoms with E-state index in [1.54, 1.807) is 0 Å². The molecule has 1 atom stereocenters. The molecule has 0 heterocycles.